The Morgan fingerprint density at radius 1 is 1.32 bits per heavy atom. The van der Waals surface area contributed by atoms with Crippen molar-refractivity contribution < 1.29 is 14.3 Å². The second kappa shape index (κ2) is 5.65. The van der Waals surface area contributed by atoms with E-state index in [2.05, 4.69) is 4.98 Å². The first-order valence-electron chi connectivity index (χ1n) is 5.44. The van der Waals surface area contributed by atoms with Crippen LogP contribution in [0.2, 0.25) is 0 Å². The molecule has 0 aliphatic carbocycles. The molecule has 1 aromatic heterocycles. The predicted octanol–water partition coefficient (Wildman–Crippen LogP) is 2.57. The van der Waals surface area contributed by atoms with Gasteiger partial charge in [0.25, 0.3) is 0 Å². The lowest BCUT2D eigenvalue weighted by Crippen LogP contribution is -1.93. The molecule has 0 N–H and O–H groups in total. The van der Waals surface area contributed by atoms with Crippen molar-refractivity contribution in [3.63, 3.8) is 0 Å². The van der Waals surface area contributed by atoms with Crippen LogP contribution in [-0.2, 0) is 0 Å². The molecule has 0 radical (unpaired) electrons. The fourth-order valence-corrected chi connectivity index (χ4v) is 1.48. The summed E-state index contributed by atoms with van der Waals surface area (Å²) < 4.78 is 10.6. The molecule has 94 valence electrons. The lowest BCUT2D eigenvalue weighted by molar-refractivity contribution is 0.112. The monoisotopic (exact) mass is 254 g/mol. The maximum absolute atomic E-state index is 10.8. The van der Waals surface area contributed by atoms with E-state index in [9.17, 15) is 4.79 Å². The van der Waals surface area contributed by atoms with Crippen molar-refractivity contribution >= 4 is 6.29 Å². The lowest BCUT2D eigenvalue weighted by atomic mass is 10.2. The lowest BCUT2D eigenvalue weighted by Gasteiger charge is -2.08. The van der Waals surface area contributed by atoms with Gasteiger partial charge in [0.05, 0.1) is 18.2 Å². The highest BCUT2D eigenvalue weighted by atomic mass is 16.5. The van der Waals surface area contributed by atoms with Crippen LogP contribution >= 0.6 is 0 Å². The Morgan fingerprint density at radius 2 is 2.16 bits per heavy atom. The van der Waals surface area contributed by atoms with E-state index in [1.54, 1.807) is 30.3 Å². The third-order valence-corrected chi connectivity index (χ3v) is 2.42. The zero-order valence-corrected chi connectivity index (χ0v) is 10.2. The highest BCUT2D eigenvalue weighted by Crippen LogP contribution is 2.26. The predicted molar refractivity (Wildman–Crippen MR) is 67.4 cm³/mol. The summed E-state index contributed by atoms with van der Waals surface area (Å²) in [6.45, 7) is 0. The maximum Gasteiger partial charge on any atom is 0.219 e. The molecule has 0 atom stereocenters. The van der Waals surface area contributed by atoms with Crippen molar-refractivity contribution in [3.8, 4) is 23.4 Å². The second-order valence-corrected chi connectivity index (χ2v) is 3.62. The number of hydrogen-bond donors (Lipinski definition) is 0. The number of ether oxygens (including phenoxy) is 2. The van der Waals surface area contributed by atoms with Gasteiger partial charge in [0, 0.05) is 18.3 Å². The van der Waals surface area contributed by atoms with Crippen molar-refractivity contribution in [2.24, 2.45) is 0 Å². The normalized spacial score (nSPS) is 9.47. The van der Waals surface area contributed by atoms with Crippen molar-refractivity contribution in [1.29, 1.82) is 5.26 Å². The van der Waals surface area contributed by atoms with Crippen LogP contribution in [0.3, 0.4) is 0 Å². The molecule has 2 aromatic rings. The minimum absolute atomic E-state index is 0.361. The fourth-order valence-electron chi connectivity index (χ4n) is 1.48. The largest absolute Gasteiger partial charge is 0.496 e. The number of aldehydes is 1. The number of aromatic nitrogens is 1. The third-order valence-electron chi connectivity index (χ3n) is 2.42. The maximum atomic E-state index is 10.8. The highest BCUT2D eigenvalue weighted by Gasteiger charge is 2.05. The zero-order valence-electron chi connectivity index (χ0n) is 10.2. The van der Waals surface area contributed by atoms with E-state index in [1.165, 1.54) is 13.3 Å². The smallest absolute Gasteiger partial charge is 0.219 e. The molecular formula is C14H10N2O3. The van der Waals surface area contributed by atoms with Crippen molar-refractivity contribution in [3.05, 3.63) is 47.7 Å². The molecule has 0 amide bonds. The van der Waals surface area contributed by atoms with E-state index < -0.39 is 0 Å². The number of carbonyl (C=O) groups is 1. The van der Waals surface area contributed by atoms with E-state index in [0.29, 0.717) is 34.8 Å². The van der Waals surface area contributed by atoms with Gasteiger partial charge in [-0.05, 0) is 18.2 Å². The van der Waals surface area contributed by atoms with Gasteiger partial charge in [0.2, 0.25) is 5.88 Å². The van der Waals surface area contributed by atoms with Crippen LogP contribution < -0.4 is 9.47 Å². The van der Waals surface area contributed by atoms with Gasteiger partial charge in [0.1, 0.15) is 17.6 Å². The number of benzene rings is 1. The minimum Gasteiger partial charge on any atom is -0.496 e. The number of pyridine rings is 1. The standard InChI is InChI=1S/C14H10N2O3/c1-18-13-6-12(4-3-11(13)9-17)19-14-5-2-10(7-15)8-16-14/h2-6,8-9H,1H3. The molecule has 19 heavy (non-hydrogen) atoms. The zero-order chi connectivity index (χ0) is 13.7. The van der Waals surface area contributed by atoms with Gasteiger partial charge < -0.3 is 9.47 Å². The number of hydrogen-bond acceptors (Lipinski definition) is 5. The van der Waals surface area contributed by atoms with Crippen LogP contribution in [0.15, 0.2) is 36.5 Å². The number of methoxy groups -OCH3 is 1. The topological polar surface area (TPSA) is 72.2 Å². The molecule has 5 nitrogen and oxygen atoms in total. The Balaban J connectivity index is 2.23. The summed E-state index contributed by atoms with van der Waals surface area (Å²) in [5, 5.41) is 8.66. The van der Waals surface area contributed by atoms with Crippen LogP contribution in [0.25, 0.3) is 0 Å². The summed E-state index contributed by atoms with van der Waals surface area (Å²) in [6.07, 6.45) is 2.13. The van der Waals surface area contributed by atoms with Crippen LogP contribution in [0.5, 0.6) is 17.4 Å². The average molecular weight is 254 g/mol. The Labute approximate surface area is 110 Å². The minimum atomic E-state index is 0.361. The molecule has 0 aliphatic rings. The summed E-state index contributed by atoms with van der Waals surface area (Å²) in [5.41, 5.74) is 0.906. The summed E-state index contributed by atoms with van der Waals surface area (Å²) >= 11 is 0. The number of rotatable bonds is 4. The van der Waals surface area contributed by atoms with Crippen LogP contribution in [-0.4, -0.2) is 18.4 Å². The molecule has 0 bridgehead atoms. The van der Waals surface area contributed by atoms with E-state index in [1.807, 2.05) is 6.07 Å². The first-order valence-corrected chi connectivity index (χ1v) is 5.44. The average Bonchev–Trinajstić information content (AvgIpc) is 2.48. The van der Waals surface area contributed by atoms with Crippen molar-refractivity contribution in [1.82, 2.24) is 4.98 Å². The van der Waals surface area contributed by atoms with Gasteiger partial charge in [-0.3, -0.25) is 4.79 Å². The molecule has 2 rings (SSSR count). The quantitative estimate of drug-likeness (QED) is 0.784. The van der Waals surface area contributed by atoms with E-state index in [4.69, 9.17) is 14.7 Å². The first kappa shape index (κ1) is 12.6. The van der Waals surface area contributed by atoms with Crippen LogP contribution in [0.1, 0.15) is 15.9 Å². The molecule has 0 unspecified atom stereocenters. The van der Waals surface area contributed by atoms with Crippen molar-refractivity contribution in [2.75, 3.05) is 7.11 Å². The molecule has 0 spiro atoms. The molecule has 0 aliphatic heterocycles. The Hall–Kier alpha value is -2.87. The summed E-state index contributed by atoms with van der Waals surface area (Å²) in [5.74, 6) is 1.29. The summed E-state index contributed by atoms with van der Waals surface area (Å²) in [6, 6.07) is 10.0. The van der Waals surface area contributed by atoms with E-state index >= 15 is 0 Å². The molecule has 0 fully saturated rings. The van der Waals surface area contributed by atoms with Crippen LogP contribution in [0.4, 0.5) is 0 Å². The molecule has 1 aromatic carbocycles. The van der Waals surface area contributed by atoms with Gasteiger partial charge in [-0.25, -0.2) is 4.98 Å². The van der Waals surface area contributed by atoms with Gasteiger partial charge in [-0.1, -0.05) is 0 Å². The molecule has 1 heterocycles. The van der Waals surface area contributed by atoms with Gasteiger partial charge in [0.15, 0.2) is 6.29 Å². The van der Waals surface area contributed by atoms with Gasteiger partial charge in [-0.2, -0.15) is 5.26 Å². The number of nitriles is 1. The second-order valence-electron chi connectivity index (χ2n) is 3.62. The summed E-state index contributed by atoms with van der Waals surface area (Å²) in [4.78, 5) is 14.8. The van der Waals surface area contributed by atoms with Crippen molar-refractivity contribution in [2.45, 2.75) is 0 Å². The van der Waals surface area contributed by atoms with E-state index in [0.717, 1.165) is 0 Å². The van der Waals surface area contributed by atoms with Crippen LogP contribution in [0, 0.1) is 11.3 Å². The summed E-state index contributed by atoms with van der Waals surface area (Å²) in [7, 11) is 1.48. The molecule has 5 heteroatoms. The van der Waals surface area contributed by atoms with Gasteiger partial charge >= 0.3 is 0 Å². The third kappa shape index (κ3) is 2.87. The highest BCUT2D eigenvalue weighted by molar-refractivity contribution is 5.79. The SMILES string of the molecule is COc1cc(Oc2ccc(C#N)cn2)ccc1C=O. The number of carbonyl (C=O) groups excluding carboxylic acids is 1. The molecule has 0 saturated carbocycles. The fraction of sp³-hybridized carbons (Fsp3) is 0.0714. The Kier molecular flexibility index (Phi) is 3.74. The Morgan fingerprint density at radius 3 is 2.74 bits per heavy atom. The molecular weight excluding hydrogens is 244 g/mol. The van der Waals surface area contributed by atoms with Gasteiger partial charge in [-0.15, -0.1) is 0 Å². The molecule has 0 saturated heterocycles. The first-order chi connectivity index (χ1) is 9.26. The number of nitrogens with zero attached hydrogens (tertiary/aromatic N) is 2. The van der Waals surface area contributed by atoms with E-state index in [-0.39, 0.29) is 0 Å². The Bertz CT molecular complexity index is 630.